The van der Waals surface area contributed by atoms with Gasteiger partial charge in [-0.15, -0.1) is 11.3 Å². The Morgan fingerprint density at radius 2 is 2.16 bits per heavy atom. The molecule has 4 nitrogen and oxygen atoms in total. The van der Waals surface area contributed by atoms with Gasteiger partial charge in [-0.05, 0) is 18.6 Å². The van der Waals surface area contributed by atoms with Crippen LogP contribution in [0.1, 0.15) is 36.4 Å². The molecule has 2 aromatic heterocycles. The molecule has 0 fully saturated rings. The predicted molar refractivity (Wildman–Crippen MR) is 77.7 cm³/mol. The lowest BCUT2D eigenvalue weighted by molar-refractivity contribution is 0.396. The molecule has 0 aliphatic rings. The van der Waals surface area contributed by atoms with Gasteiger partial charge in [0.2, 0.25) is 5.88 Å². The summed E-state index contributed by atoms with van der Waals surface area (Å²) < 4.78 is 5.14. The Bertz CT molecular complexity index is 501. The van der Waals surface area contributed by atoms with Crippen molar-refractivity contribution >= 4 is 11.3 Å². The molecule has 2 heterocycles. The van der Waals surface area contributed by atoms with Gasteiger partial charge in [-0.1, -0.05) is 6.92 Å². The molecule has 0 aliphatic heterocycles. The van der Waals surface area contributed by atoms with Crippen LogP contribution in [-0.2, 0) is 0 Å². The van der Waals surface area contributed by atoms with Crippen molar-refractivity contribution in [1.82, 2.24) is 15.3 Å². The minimum atomic E-state index is 0.263. The fourth-order valence-corrected chi connectivity index (χ4v) is 2.54. The van der Waals surface area contributed by atoms with Gasteiger partial charge in [0.1, 0.15) is 0 Å². The maximum Gasteiger partial charge on any atom is 0.213 e. The number of ether oxygens (including phenoxy) is 1. The first-order valence-corrected chi connectivity index (χ1v) is 7.21. The minimum absolute atomic E-state index is 0.263. The van der Waals surface area contributed by atoms with Crippen LogP contribution in [0.5, 0.6) is 5.88 Å². The van der Waals surface area contributed by atoms with Crippen LogP contribution in [0.15, 0.2) is 29.9 Å². The van der Waals surface area contributed by atoms with E-state index >= 15 is 0 Å². The molecule has 0 bridgehead atoms. The van der Waals surface area contributed by atoms with E-state index in [2.05, 4.69) is 29.1 Å². The van der Waals surface area contributed by atoms with Crippen LogP contribution in [0.4, 0.5) is 0 Å². The average molecular weight is 277 g/mol. The third-order valence-corrected chi connectivity index (χ3v) is 4.08. The molecule has 0 spiro atoms. The van der Waals surface area contributed by atoms with Crippen LogP contribution in [0.2, 0.25) is 0 Å². The first-order chi connectivity index (χ1) is 9.20. The first-order valence-electron chi connectivity index (χ1n) is 6.33. The van der Waals surface area contributed by atoms with Crippen molar-refractivity contribution in [2.75, 3.05) is 13.7 Å². The summed E-state index contributed by atoms with van der Waals surface area (Å²) in [7, 11) is 1.63. The van der Waals surface area contributed by atoms with E-state index in [0.29, 0.717) is 11.8 Å². The van der Waals surface area contributed by atoms with Crippen molar-refractivity contribution in [1.29, 1.82) is 0 Å². The van der Waals surface area contributed by atoms with Crippen LogP contribution >= 0.6 is 11.3 Å². The highest BCUT2D eigenvalue weighted by molar-refractivity contribution is 7.09. The smallest absolute Gasteiger partial charge is 0.213 e. The van der Waals surface area contributed by atoms with Crippen LogP contribution < -0.4 is 10.1 Å². The van der Waals surface area contributed by atoms with Crippen molar-refractivity contribution in [3.05, 3.63) is 40.5 Å². The standard InChI is InChI=1S/C14H19N3OS/c1-10(14-16-6-7-19-14)9-17-11(2)12-4-5-15-13(8-12)18-3/h4-8,10-11,17H,9H2,1-3H3/t10-,11-/m0/s1. The molecule has 2 rings (SSSR count). The molecule has 19 heavy (non-hydrogen) atoms. The van der Waals surface area contributed by atoms with Gasteiger partial charge in [-0.2, -0.15) is 0 Å². The fourth-order valence-electron chi connectivity index (χ4n) is 1.84. The monoisotopic (exact) mass is 277 g/mol. The second kappa shape index (κ2) is 6.63. The number of rotatable bonds is 6. The van der Waals surface area contributed by atoms with E-state index in [9.17, 15) is 0 Å². The van der Waals surface area contributed by atoms with Gasteiger partial charge in [0.05, 0.1) is 12.1 Å². The summed E-state index contributed by atoms with van der Waals surface area (Å²) in [6.07, 6.45) is 3.63. The van der Waals surface area contributed by atoms with Gasteiger partial charge in [-0.25, -0.2) is 9.97 Å². The quantitative estimate of drug-likeness (QED) is 0.881. The molecule has 0 saturated carbocycles. The molecule has 102 valence electrons. The number of nitrogens with one attached hydrogen (secondary N) is 1. The molecule has 0 amide bonds. The van der Waals surface area contributed by atoms with Crippen LogP contribution in [0.25, 0.3) is 0 Å². The van der Waals surface area contributed by atoms with Crippen molar-refractivity contribution in [3.8, 4) is 5.88 Å². The van der Waals surface area contributed by atoms with Gasteiger partial charge in [0.15, 0.2) is 0 Å². The number of aromatic nitrogens is 2. The van der Waals surface area contributed by atoms with Gasteiger partial charge in [0, 0.05) is 42.3 Å². The molecule has 0 aromatic carbocycles. The van der Waals surface area contributed by atoms with Gasteiger partial charge in [0.25, 0.3) is 0 Å². The summed E-state index contributed by atoms with van der Waals surface area (Å²) in [6.45, 7) is 5.23. The predicted octanol–water partition coefficient (Wildman–Crippen LogP) is 3.00. The van der Waals surface area contributed by atoms with Crippen LogP contribution in [0, 0.1) is 0 Å². The first kappa shape index (κ1) is 14.0. The normalized spacial score (nSPS) is 14.1. The number of nitrogens with zero attached hydrogens (tertiary/aromatic N) is 2. The van der Waals surface area contributed by atoms with Crippen molar-refractivity contribution in [3.63, 3.8) is 0 Å². The zero-order chi connectivity index (χ0) is 13.7. The fraction of sp³-hybridized carbons (Fsp3) is 0.429. The summed E-state index contributed by atoms with van der Waals surface area (Å²) >= 11 is 1.70. The SMILES string of the molecule is COc1cc([C@H](C)NC[C@H](C)c2nccs2)ccn1. The third kappa shape index (κ3) is 3.75. The zero-order valence-corrected chi connectivity index (χ0v) is 12.3. The molecule has 2 atom stereocenters. The van der Waals surface area contributed by atoms with E-state index in [-0.39, 0.29) is 6.04 Å². The highest BCUT2D eigenvalue weighted by Crippen LogP contribution is 2.20. The average Bonchev–Trinajstić information content (AvgIpc) is 2.98. The Balaban J connectivity index is 1.91. The lowest BCUT2D eigenvalue weighted by Gasteiger charge is -2.17. The zero-order valence-electron chi connectivity index (χ0n) is 11.5. The molecule has 5 heteroatoms. The van der Waals surface area contributed by atoms with E-state index in [1.807, 2.05) is 23.7 Å². The molecule has 0 unspecified atom stereocenters. The largest absolute Gasteiger partial charge is 0.481 e. The van der Waals surface area contributed by atoms with Gasteiger partial charge in [-0.3, -0.25) is 0 Å². The molecule has 2 aromatic rings. The summed E-state index contributed by atoms with van der Waals surface area (Å²) in [5.74, 6) is 1.07. The molecule has 0 radical (unpaired) electrons. The lowest BCUT2D eigenvalue weighted by atomic mass is 10.1. The van der Waals surface area contributed by atoms with Gasteiger partial charge >= 0.3 is 0 Å². The number of thiazole rings is 1. The van der Waals surface area contributed by atoms with E-state index in [0.717, 1.165) is 6.54 Å². The number of hydrogen-bond donors (Lipinski definition) is 1. The van der Waals surface area contributed by atoms with E-state index in [4.69, 9.17) is 4.74 Å². The number of pyridine rings is 1. The summed E-state index contributed by atoms with van der Waals surface area (Å²) in [5, 5.41) is 6.71. The Morgan fingerprint density at radius 3 is 2.84 bits per heavy atom. The second-order valence-electron chi connectivity index (χ2n) is 4.53. The lowest BCUT2D eigenvalue weighted by Crippen LogP contribution is -2.23. The Kier molecular flexibility index (Phi) is 4.87. The highest BCUT2D eigenvalue weighted by Gasteiger charge is 2.11. The molecular formula is C14H19N3OS. The topological polar surface area (TPSA) is 47.0 Å². The minimum Gasteiger partial charge on any atom is -0.481 e. The summed E-state index contributed by atoms with van der Waals surface area (Å²) in [4.78, 5) is 8.46. The Morgan fingerprint density at radius 1 is 1.32 bits per heavy atom. The van der Waals surface area contributed by atoms with E-state index < -0.39 is 0 Å². The highest BCUT2D eigenvalue weighted by atomic mass is 32.1. The van der Waals surface area contributed by atoms with Crippen molar-refractivity contribution < 1.29 is 4.74 Å². The van der Waals surface area contributed by atoms with Gasteiger partial charge < -0.3 is 10.1 Å². The second-order valence-corrected chi connectivity index (χ2v) is 5.46. The van der Waals surface area contributed by atoms with Crippen LogP contribution in [0.3, 0.4) is 0 Å². The molecular weight excluding hydrogens is 258 g/mol. The van der Waals surface area contributed by atoms with E-state index in [1.165, 1.54) is 10.6 Å². The Hall–Kier alpha value is -1.46. The molecule has 0 aliphatic carbocycles. The third-order valence-electron chi connectivity index (χ3n) is 3.07. The van der Waals surface area contributed by atoms with Crippen LogP contribution in [-0.4, -0.2) is 23.6 Å². The number of methoxy groups -OCH3 is 1. The van der Waals surface area contributed by atoms with Crippen molar-refractivity contribution in [2.45, 2.75) is 25.8 Å². The molecule has 0 saturated heterocycles. The summed E-state index contributed by atoms with van der Waals surface area (Å²) in [5.41, 5.74) is 1.18. The van der Waals surface area contributed by atoms with Crippen molar-refractivity contribution in [2.24, 2.45) is 0 Å². The number of hydrogen-bond acceptors (Lipinski definition) is 5. The van der Waals surface area contributed by atoms with E-state index in [1.54, 1.807) is 24.6 Å². The maximum atomic E-state index is 5.14. The summed E-state index contributed by atoms with van der Waals surface area (Å²) in [6, 6.07) is 4.24. The Labute approximate surface area is 117 Å². The maximum absolute atomic E-state index is 5.14. The molecule has 1 N–H and O–H groups in total.